The maximum absolute atomic E-state index is 9.04. The molecule has 4 heteroatoms. The lowest BCUT2D eigenvalue weighted by molar-refractivity contribution is -0.681. The summed E-state index contributed by atoms with van der Waals surface area (Å²) in [4.78, 5) is 2.92. The van der Waals surface area contributed by atoms with E-state index in [9.17, 15) is 0 Å². The molecule has 58 valence electrons. The van der Waals surface area contributed by atoms with Gasteiger partial charge in [-0.3, -0.25) is 0 Å². The summed E-state index contributed by atoms with van der Waals surface area (Å²) < 4.78 is 1.85. The average Bonchev–Trinajstić information content (AvgIpc) is 2.13. The number of aromatic nitrogens is 2. The monoisotopic (exact) mass is 162 g/mol. The van der Waals surface area contributed by atoms with Crippen molar-refractivity contribution in [2.45, 2.75) is 13.0 Å². The van der Waals surface area contributed by atoms with E-state index in [1.165, 1.54) is 0 Å². The number of halogens is 1. The molecule has 0 amide bonds. The summed E-state index contributed by atoms with van der Waals surface area (Å²) in [6.45, 7) is 1.73. The summed E-state index contributed by atoms with van der Waals surface area (Å²) in [5.41, 5.74) is 0. The van der Waals surface area contributed by atoms with Crippen LogP contribution in [0.3, 0.4) is 0 Å². The lowest BCUT2D eigenvalue weighted by Gasteiger charge is -1.94. The van der Waals surface area contributed by atoms with Gasteiger partial charge in [0.1, 0.15) is 12.4 Å². The molecule has 1 rings (SSSR count). The highest BCUT2D eigenvalue weighted by atomic mass is 35.5. The van der Waals surface area contributed by atoms with Crippen LogP contribution in [0.15, 0.2) is 12.4 Å². The van der Waals surface area contributed by atoms with Gasteiger partial charge in [0.05, 0.1) is 7.05 Å². The topological polar surface area (TPSA) is 39.9 Å². The Morgan fingerprint density at radius 2 is 2.30 bits per heavy atom. The number of aliphatic hydroxyl groups excluding tert-OH is 1. The van der Waals surface area contributed by atoms with Crippen LogP contribution in [0.2, 0.25) is 0 Å². The highest BCUT2D eigenvalue weighted by molar-refractivity contribution is 4.79. The second kappa shape index (κ2) is 3.58. The van der Waals surface area contributed by atoms with Gasteiger partial charge in [0.15, 0.2) is 6.10 Å². The molecule has 0 saturated heterocycles. The summed E-state index contributed by atoms with van der Waals surface area (Å²) in [5, 5.41) is 9.04. The molecule has 0 aliphatic carbocycles. The highest BCUT2D eigenvalue weighted by Gasteiger charge is 2.11. The summed E-state index contributed by atoms with van der Waals surface area (Å²) in [6.07, 6.45) is 3.24. The molecule has 0 bridgehead atoms. The van der Waals surface area contributed by atoms with E-state index in [2.05, 4.69) is 4.98 Å². The molecule has 2 N–H and O–H groups in total. The third-order valence-corrected chi connectivity index (χ3v) is 1.31. The van der Waals surface area contributed by atoms with Crippen LogP contribution in [0, 0.1) is 0 Å². The first-order chi connectivity index (χ1) is 4.22. The summed E-state index contributed by atoms with van der Waals surface area (Å²) >= 11 is 0. The number of nitrogens with zero attached hydrogens (tertiary/aromatic N) is 1. The predicted octanol–water partition coefficient (Wildman–Crippen LogP) is -3.10. The van der Waals surface area contributed by atoms with E-state index < -0.39 is 6.10 Å². The number of hydrogen-bond donors (Lipinski definition) is 2. The van der Waals surface area contributed by atoms with Gasteiger partial charge < -0.3 is 17.5 Å². The van der Waals surface area contributed by atoms with Gasteiger partial charge in [0.25, 0.3) is 5.82 Å². The number of hydrogen-bond acceptors (Lipinski definition) is 1. The number of imidazole rings is 1. The van der Waals surface area contributed by atoms with Crippen molar-refractivity contribution in [1.29, 1.82) is 0 Å². The Morgan fingerprint density at radius 3 is 2.50 bits per heavy atom. The van der Waals surface area contributed by atoms with Crippen molar-refractivity contribution in [1.82, 2.24) is 4.98 Å². The number of aromatic amines is 1. The van der Waals surface area contributed by atoms with E-state index >= 15 is 0 Å². The zero-order valence-corrected chi connectivity index (χ0v) is 6.76. The van der Waals surface area contributed by atoms with Crippen LogP contribution in [-0.4, -0.2) is 10.1 Å². The SMILES string of the molecule is CC(O)c1[nH]cc[n+]1C.[Cl-]. The van der Waals surface area contributed by atoms with Gasteiger partial charge >= 0.3 is 0 Å². The van der Waals surface area contributed by atoms with Crippen molar-refractivity contribution in [2.24, 2.45) is 7.05 Å². The van der Waals surface area contributed by atoms with Gasteiger partial charge in [0, 0.05) is 0 Å². The van der Waals surface area contributed by atoms with Gasteiger partial charge in [-0.05, 0) is 6.92 Å². The van der Waals surface area contributed by atoms with E-state index in [1.807, 2.05) is 17.8 Å². The smallest absolute Gasteiger partial charge is 0.283 e. The highest BCUT2D eigenvalue weighted by Crippen LogP contribution is 2.00. The summed E-state index contributed by atoms with van der Waals surface area (Å²) in [5.74, 6) is 0.829. The van der Waals surface area contributed by atoms with E-state index in [-0.39, 0.29) is 12.4 Å². The van der Waals surface area contributed by atoms with Crippen molar-refractivity contribution >= 4 is 0 Å². The van der Waals surface area contributed by atoms with Crippen molar-refractivity contribution in [3.8, 4) is 0 Å². The largest absolute Gasteiger partial charge is 1.00 e. The zero-order valence-electron chi connectivity index (χ0n) is 6.00. The van der Waals surface area contributed by atoms with Crippen LogP contribution < -0.4 is 17.0 Å². The van der Waals surface area contributed by atoms with Crippen LogP contribution in [0.1, 0.15) is 18.9 Å². The summed E-state index contributed by atoms with van der Waals surface area (Å²) in [6, 6.07) is 0. The summed E-state index contributed by atoms with van der Waals surface area (Å²) in [7, 11) is 1.89. The predicted molar refractivity (Wildman–Crippen MR) is 32.6 cm³/mol. The first kappa shape index (κ1) is 9.46. The standard InChI is InChI=1S/C6H10N2O.ClH/c1-5(9)6-7-3-4-8(6)2;/h3-5,9H,1-2H3;1H. The molecule has 0 spiro atoms. The van der Waals surface area contributed by atoms with Gasteiger partial charge in [0.2, 0.25) is 0 Å². The molecule has 1 aromatic heterocycles. The minimum Gasteiger partial charge on any atom is -1.00 e. The van der Waals surface area contributed by atoms with Crippen molar-refractivity contribution in [2.75, 3.05) is 0 Å². The molecule has 1 atom stereocenters. The van der Waals surface area contributed by atoms with E-state index in [0.717, 1.165) is 5.82 Å². The van der Waals surface area contributed by atoms with Gasteiger partial charge in [-0.25, -0.2) is 9.55 Å². The quantitative estimate of drug-likeness (QED) is 0.422. The van der Waals surface area contributed by atoms with Crippen molar-refractivity contribution in [3.05, 3.63) is 18.2 Å². The second-order valence-corrected chi connectivity index (χ2v) is 2.13. The number of aryl methyl sites for hydroxylation is 1. The molecule has 0 saturated carbocycles. The second-order valence-electron chi connectivity index (χ2n) is 2.13. The zero-order chi connectivity index (χ0) is 6.85. The fourth-order valence-electron chi connectivity index (χ4n) is 0.832. The maximum Gasteiger partial charge on any atom is 0.283 e. The van der Waals surface area contributed by atoms with Gasteiger partial charge in [-0.15, -0.1) is 0 Å². The third kappa shape index (κ3) is 1.72. The molecule has 10 heavy (non-hydrogen) atoms. The molecule has 0 aromatic carbocycles. The van der Waals surface area contributed by atoms with Crippen molar-refractivity contribution < 1.29 is 22.1 Å². The molecule has 1 unspecified atom stereocenters. The molecule has 0 aliphatic heterocycles. The molecular weight excluding hydrogens is 152 g/mol. The van der Waals surface area contributed by atoms with Crippen LogP contribution in [0.5, 0.6) is 0 Å². The van der Waals surface area contributed by atoms with Gasteiger partial charge in [-0.2, -0.15) is 0 Å². The third-order valence-electron chi connectivity index (χ3n) is 1.31. The Labute approximate surface area is 66.1 Å². The lowest BCUT2D eigenvalue weighted by atomic mass is 10.4. The van der Waals surface area contributed by atoms with Crippen LogP contribution in [0.4, 0.5) is 0 Å². The number of nitrogens with one attached hydrogen (secondary N) is 1. The Balaban J connectivity index is 0.000000810. The Morgan fingerprint density at radius 1 is 1.70 bits per heavy atom. The van der Waals surface area contributed by atoms with Crippen molar-refractivity contribution in [3.63, 3.8) is 0 Å². The van der Waals surface area contributed by atoms with E-state index in [1.54, 1.807) is 13.1 Å². The molecule has 0 aliphatic rings. The normalized spacial score (nSPS) is 12.3. The maximum atomic E-state index is 9.04. The minimum absolute atomic E-state index is 0. The Bertz CT molecular complexity index is 197. The van der Waals surface area contributed by atoms with E-state index in [0.29, 0.717) is 0 Å². The van der Waals surface area contributed by atoms with E-state index in [4.69, 9.17) is 5.11 Å². The van der Waals surface area contributed by atoms with Crippen LogP contribution in [0.25, 0.3) is 0 Å². The number of aliphatic hydroxyl groups is 1. The average molecular weight is 163 g/mol. The van der Waals surface area contributed by atoms with Gasteiger partial charge in [-0.1, -0.05) is 0 Å². The molecule has 1 aromatic rings. The molecule has 1 heterocycles. The molecule has 0 fully saturated rings. The molecule has 0 radical (unpaired) electrons. The Hall–Kier alpha value is -0.540. The number of rotatable bonds is 1. The fourth-order valence-corrected chi connectivity index (χ4v) is 0.832. The lowest BCUT2D eigenvalue weighted by Crippen LogP contribution is -3.00. The first-order valence-corrected chi connectivity index (χ1v) is 2.93. The van der Waals surface area contributed by atoms with Crippen LogP contribution in [-0.2, 0) is 7.05 Å². The minimum atomic E-state index is -0.412. The fraction of sp³-hybridized carbons (Fsp3) is 0.500. The Kier molecular flexibility index (Phi) is 3.39. The number of H-pyrrole nitrogens is 1. The first-order valence-electron chi connectivity index (χ1n) is 2.93. The van der Waals surface area contributed by atoms with Crippen LogP contribution >= 0.6 is 0 Å². The molecular formula is C6H11ClN2O. The molecule has 3 nitrogen and oxygen atoms in total.